The summed E-state index contributed by atoms with van der Waals surface area (Å²) in [6.45, 7) is 7.35. The van der Waals surface area contributed by atoms with Crippen molar-refractivity contribution < 1.29 is 22.4 Å². The van der Waals surface area contributed by atoms with Gasteiger partial charge in [0.2, 0.25) is 5.91 Å². The van der Waals surface area contributed by atoms with Crippen LogP contribution in [0.3, 0.4) is 0 Å². The van der Waals surface area contributed by atoms with Crippen LogP contribution in [0.2, 0.25) is 0 Å². The second-order valence-corrected chi connectivity index (χ2v) is 8.58. The Bertz CT molecular complexity index is 1080. The standard InChI is InChI=1S/C22H23F4N3O/c1-13-9-17-16(27-20(13)28-19(30)11-21(2,3)4)10-18(22(24,25)26)29(17)12-14-5-7-15(23)8-6-14/h5-10H,11-12H2,1-4H3,(H,27,28,30). The predicted octanol–water partition coefficient (Wildman–Crippen LogP) is 5.93. The smallest absolute Gasteiger partial charge is 0.331 e. The molecule has 1 N–H and O–H groups in total. The van der Waals surface area contributed by atoms with Crippen molar-refractivity contribution in [1.82, 2.24) is 9.55 Å². The van der Waals surface area contributed by atoms with Crippen molar-refractivity contribution in [2.75, 3.05) is 5.32 Å². The van der Waals surface area contributed by atoms with E-state index in [0.717, 1.165) is 10.6 Å². The molecule has 8 heteroatoms. The second kappa shape index (κ2) is 7.74. The molecule has 1 amide bonds. The van der Waals surface area contributed by atoms with Gasteiger partial charge in [0.25, 0.3) is 0 Å². The van der Waals surface area contributed by atoms with Crippen molar-refractivity contribution in [2.24, 2.45) is 5.41 Å². The highest BCUT2D eigenvalue weighted by molar-refractivity contribution is 5.92. The first-order chi connectivity index (χ1) is 13.8. The van der Waals surface area contributed by atoms with E-state index in [1.165, 1.54) is 24.3 Å². The number of rotatable bonds is 4. The molecule has 0 radical (unpaired) electrons. The van der Waals surface area contributed by atoms with Crippen molar-refractivity contribution in [3.05, 3.63) is 59.0 Å². The Kier molecular flexibility index (Phi) is 5.62. The zero-order valence-electron chi connectivity index (χ0n) is 17.2. The number of carbonyl (C=O) groups is 1. The molecule has 3 rings (SSSR count). The van der Waals surface area contributed by atoms with Crippen LogP contribution < -0.4 is 5.32 Å². The Balaban J connectivity index is 2.04. The van der Waals surface area contributed by atoms with Gasteiger partial charge in [-0.05, 0) is 47.7 Å². The lowest BCUT2D eigenvalue weighted by atomic mass is 9.92. The maximum atomic E-state index is 13.7. The van der Waals surface area contributed by atoms with Crippen LogP contribution >= 0.6 is 0 Å². The number of hydrogen-bond donors (Lipinski definition) is 1. The molecule has 0 unspecified atom stereocenters. The lowest BCUT2D eigenvalue weighted by Gasteiger charge is -2.17. The van der Waals surface area contributed by atoms with E-state index in [0.29, 0.717) is 11.1 Å². The molecule has 0 aliphatic rings. The largest absolute Gasteiger partial charge is 0.431 e. The van der Waals surface area contributed by atoms with Gasteiger partial charge in [0.1, 0.15) is 17.3 Å². The molecule has 30 heavy (non-hydrogen) atoms. The predicted molar refractivity (Wildman–Crippen MR) is 108 cm³/mol. The fraction of sp³-hybridized carbons (Fsp3) is 0.364. The van der Waals surface area contributed by atoms with Gasteiger partial charge in [-0.25, -0.2) is 9.37 Å². The molecule has 3 aromatic rings. The van der Waals surface area contributed by atoms with Gasteiger partial charge in [0, 0.05) is 13.0 Å². The van der Waals surface area contributed by atoms with Crippen LogP contribution in [0.15, 0.2) is 36.4 Å². The minimum absolute atomic E-state index is 0.0878. The lowest BCUT2D eigenvalue weighted by Crippen LogP contribution is -2.20. The van der Waals surface area contributed by atoms with E-state index >= 15 is 0 Å². The second-order valence-electron chi connectivity index (χ2n) is 8.58. The van der Waals surface area contributed by atoms with Gasteiger partial charge < -0.3 is 9.88 Å². The van der Waals surface area contributed by atoms with Crippen LogP contribution in [0.1, 0.15) is 44.0 Å². The van der Waals surface area contributed by atoms with Crippen molar-refractivity contribution in [1.29, 1.82) is 0 Å². The molecule has 2 heterocycles. The Labute approximate surface area is 171 Å². The highest BCUT2D eigenvalue weighted by Gasteiger charge is 2.36. The number of aromatic nitrogens is 2. The number of anilines is 1. The quantitative estimate of drug-likeness (QED) is 0.531. The fourth-order valence-corrected chi connectivity index (χ4v) is 3.23. The van der Waals surface area contributed by atoms with E-state index in [1.54, 1.807) is 13.0 Å². The van der Waals surface area contributed by atoms with Crippen molar-refractivity contribution in [3.8, 4) is 0 Å². The van der Waals surface area contributed by atoms with Crippen LogP contribution in [0.4, 0.5) is 23.4 Å². The third-order valence-corrected chi connectivity index (χ3v) is 4.57. The number of nitrogens with one attached hydrogen (secondary N) is 1. The average Bonchev–Trinajstić information content (AvgIpc) is 2.93. The molecule has 0 saturated carbocycles. The van der Waals surface area contributed by atoms with Crippen molar-refractivity contribution >= 4 is 22.8 Å². The number of alkyl halides is 3. The monoisotopic (exact) mass is 421 g/mol. The fourth-order valence-electron chi connectivity index (χ4n) is 3.23. The van der Waals surface area contributed by atoms with Crippen LogP contribution in [0.25, 0.3) is 11.0 Å². The summed E-state index contributed by atoms with van der Waals surface area (Å²) in [7, 11) is 0. The lowest BCUT2D eigenvalue weighted by molar-refractivity contribution is -0.143. The maximum Gasteiger partial charge on any atom is 0.431 e. The van der Waals surface area contributed by atoms with Crippen molar-refractivity contribution in [3.63, 3.8) is 0 Å². The zero-order valence-corrected chi connectivity index (χ0v) is 17.2. The number of benzene rings is 1. The normalized spacial score (nSPS) is 12.4. The number of amides is 1. The Morgan fingerprint density at radius 1 is 1.10 bits per heavy atom. The van der Waals surface area contributed by atoms with Crippen molar-refractivity contribution in [2.45, 2.75) is 46.8 Å². The minimum atomic E-state index is -4.59. The summed E-state index contributed by atoms with van der Waals surface area (Å²) in [5.74, 6) is -0.469. The summed E-state index contributed by atoms with van der Waals surface area (Å²) in [4.78, 5) is 16.5. The highest BCUT2D eigenvalue weighted by atomic mass is 19.4. The maximum absolute atomic E-state index is 13.7. The molecule has 0 fully saturated rings. The number of hydrogen-bond acceptors (Lipinski definition) is 2. The summed E-state index contributed by atoms with van der Waals surface area (Å²) < 4.78 is 55.3. The SMILES string of the molecule is Cc1cc2c(cc(C(F)(F)F)n2Cc2ccc(F)cc2)nc1NC(=O)CC(C)(C)C. The van der Waals surface area contributed by atoms with Crippen LogP contribution in [-0.2, 0) is 17.5 Å². The molecule has 0 saturated heterocycles. The van der Waals surface area contributed by atoms with Gasteiger partial charge in [0.05, 0.1) is 11.0 Å². The Hall–Kier alpha value is -2.90. The first kappa shape index (κ1) is 21.8. The highest BCUT2D eigenvalue weighted by Crippen LogP contribution is 2.35. The number of fused-ring (bicyclic) bond motifs is 1. The van der Waals surface area contributed by atoms with E-state index in [-0.39, 0.29) is 41.1 Å². The van der Waals surface area contributed by atoms with Crippen LogP contribution in [0.5, 0.6) is 0 Å². The molecular formula is C22H23F4N3O. The first-order valence-corrected chi connectivity index (χ1v) is 9.46. The molecule has 0 bridgehead atoms. The van der Waals surface area contributed by atoms with E-state index in [9.17, 15) is 22.4 Å². The summed E-state index contributed by atoms with van der Waals surface area (Å²) in [5, 5.41) is 2.70. The molecule has 0 atom stereocenters. The van der Waals surface area contributed by atoms with Gasteiger partial charge in [-0.1, -0.05) is 32.9 Å². The zero-order chi connectivity index (χ0) is 22.3. The summed E-state index contributed by atoms with van der Waals surface area (Å²) in [6, 6.07) is 7.86. The molecule has 160 valence electrons. The van der Waals surface area contributed by atoms with E-state index in [1.807, 2.05) is 20.8 Å². The minimum Gasteiger partial charge on any atom is -0.331 e. The van der Waals surface area contributed by atoms with E-state index in [4.69, 9.17) is 0 Å². The summed E-state index contributed by atoms with van der Waals surface area (Å²) in [5.41, 5.74) is 0.409. The Morgan fingerprint density at radius 2 is 1.73 bits per heavy atom. The molecule has 0 spiro atoms. The van der Waals surface area contributed by atoms with Crippen LogP contribution in [0, 0.1) is 18.2 Å². The van der Waals surface area contributed by atoms with Crippen LogP contribution in [-0.4, -0.2) is 15.5 Å². The molecular weight excluding hydrogens is 398 g/mol. The van der Waals surface area contributed by atoms with Gasteiger partial charge in [-0.3, -0.25) is 4.79 Å². The summed E-state index contributed by atoms with van der Waals surface area (Å²) >= 11 is 0. The molecule has 0 aliphatic heterocycles. The van der Waals surface area contributed by atoms with E-state index in [2.05, 4.69) is 10.3 Å². The van der Waals surface area contributed by atoms with Gasteiger partial charge >= 0.3 is 6.18 Å². The number of pyridine rings is 1. The third kappa shape index (κ3) is 4.98. The number of carbonyl (C=O) groups excluding carboxylic acids is 1. The Morgan fingerprint density at radius 3 is 2.30 bits per heavy atom. The number of nitrogens with zero attached hydrogens (tertiary/aromatic N) is 2. The summed E-state index contributed by atoms with van der Waals surface area (Å²) in [6.07, 6.45) is -4.34. The molecule has 1 aromatic carbocycles. The van der Waals surface area contributed by atoms with Gasteiger partial charge in [0.15, 0.2) is 0 Å². The van der Waals surface area contributed by atoms with Gasteiger partial charge in [-0.15, -0.1) is 0 Å². The number of aryl methyl sites for hydroxylation is 1. The average molecular weight is 421 g/mol. The third-order valence-electron chi connectivity index (χ3n) is 4.57. The molecule has 0 aliphatic carbocycles. The number of halogens is 4. The topological polar surface area (TPSA) is 46.9 Å². The molecule has 2 aromatic heterocycles. The van der Waals surface area contributed by atoms with Gasteiger partial charge in [-0.2, -0.15) is 13.2 Å². The van der Waals surface area contributed by atoms with E-state index < -0.39 is 17.7 Å². The molecule has 4 nitrogen and oxygen atoms in total. The first-order valence-electron chi connectivity index (χ1n) is 9.46.